The van der Waals surface area contributed by atoms with E-state index in [1.54, 1.807) is 0 Å². The van der Waals surface area contributed by atoms with Crippen molar-refractivity contribution in [3.05, 3.63) is 0 Å². The van der Waals surface area contributed by atoms with Gasteiger partial charge in [-0.2, -0.15) is 37.9 Å². The van der Waals surface area contributed by atoms with E-state index in [9.17, 15) is 0 Å². The normalized spacial score (nSPS) is 19.8. The fraction of sp³-hybridized carbons (Fsp3) is 1.00. The molecule has 0 saturated heterocycles. The Labute approximate surface area is 162 Å². The molecule has 0 rings (SSSR count). The zero-order chi connectivity index (χ0) is 18.0. The van der Waals surface area contributed by atoms with Crippen molar-refractivity contribution in [2.45, 2.75) is 77.8 Å². The molecule has 0 fully saturated rings. The molecule has 2 nitrogen and oxygen atoms in total. The number of hydrogen-bond donors (Lipinski definition) is 5. The predicted octanol–water partition coefficient (Wildman–Crippen LogP) is 4.47. The molecule has 0 aromatic carbocycles. The lowest BCUT2D eigenvalue weighted by Crippen LogP contribution is -2.50. The molecule has 0 amide bonds. The minimum atomic E-state index is 0.108. The summed E-state index contributed by atoms with van der Waals surface area (Å²) < 4.78 is 0. The van der Waals surface area contributed by atoms with E-state index in [-0.39, 0.29) is 16.5 Å². The molecule has 0 spiro atoms. The molecule has 2 N–H and O–H groups in total. The number of unbranched alkanes of at least 4 members (excludes halogenated alkanes) is 1. The third kappa shape index (κ3) is 9.29. The molecule has 3 atom stereocenters. The van der Waals surface area contributed by atoms with Gasteiger partial charge in [0.05, 0.1) is 0 Å². The van der Waals surface area contributed by atoms with Gasteiger partial charge in [-0.25, -0.2) is 0 Å². The van der Waals surface area contributed by atoms with Gasteiger partial charge in [-0.3, -0.25) is 0 Å². The van der Waals surface area contributed by atoms with Gasteiger partial charge in [0.2, 0.25) is 0 Å². The maximum Gasteiger partial charge on any atom is 0.0241 e. The third-order valence-corrected chi connectivity index (χ3v) is 7.15. The van der Waals surface area contributed by atoms with E-state index in [0.717, 1.165) is 43.2 Å². The van der Waals surface area contributed by atoms with Gasteiger partial charge in [-0.05, 0) is 50.8 Å². The summed E-state index contributed by atoms with van der Waals surface area (Å²) in [5, 5.41) is 7.38. The van der Waals surface area contributed by atoms with E-state index in [1.165, 1.54) is 19.3 Å². The van der Waals surface area contributed by atoms with Crippen molar-refractivity contribution in [1.29, 1.82) is 0 Å². The van der Waals surface area contributed by atoms with Crippen molar-refractivity contribution in [3.63, 3.8) is 0 Å². The fourth-order valence-electron chi connectivity index (χ4n) is 2.67. The lowest BCUT2D eigenvalue weighted by molar-refractivity contribution is 0.231. The van der Waals surface area contributed by atoms with E-state index < -0.39 is 0 Å². The Kier molecular flexibility index (Phi) is 12.0. The molecule has 0 unspecified atom stereocenters. The second kappa shape index (κ2) is 11.6. The van der Waals surface area contributed by atoms with Crippen LogP contribution in [-0.2, 0) is 0 Å². The van der Waals surface area contributed by atoms with E-state index >= 15 is 0 Å². The maximum absolute atomic E-state index is 4.64. The van der Waals surface area contributed by atoms with Crippen LogP contribution in [0.25, 0.3) is 0 Å². The summed E-state index contributed by atoms with van der Waals surface area (Å²) in [4.78, 5) is 0. The molecule has 0 aromatic heterocycles. The topological polar surface area (TPSA) is 24.1 Å². The standard InChI is InChI=1S/C18H40N2S3/c1-6-8-9-17(4,14-22)20-12-16(3,13-21)10-11-18(5,15-23)19-7-2/h19-23H,6-15H2,1-5H3/t16-,17-,18-/m1/s1. The van der Waals surface area contributed by atoms with Gasteiger partial charge < -0.3 is 10.6 Å². The maximum atomic E-state index is 4.64. The molecule has 0 aliphatic carbocycles. The van der Waals surface area contributed by atoms with E-state index in [2.05, 4.69) is 83.1 Å². The van der Waals surface area contributed by atoms with Gasteiger partial charge in [-0.15, -0.1) is 0 Å². The first-order valence-electron chi connectivity index (χ1n) is 9.04. The molecule has 0 saturated carbocycles. The summed E-state index contributed by atoms with van der Waals surface area (Å²) in [6.07, 6.45) is 5.93. The Morgan fingerprint density at radius 2 is 1.30 bits per heavy atom. The smallest absolute Gasteiger partial charge is 0.0241 e. The molecule has 0 aliphatic heterocycles. The van der Waals surface area contributed by atoms with E-state index in [4.69, 9.17) is 0 Å². The minimum absolute atomic E-state index is 0.108. The first-order chi connectivity index (χ1) is 10.7. The number of hydrogen-bond acceptors (Lipinski definition) is 5. The first-order valence-corrected chi connectivity index (χ1v) is 10.9. The first kappa shape index (κ1) is 24.0. The van der Waals surface area contributed by atoms with Crippen molar-refractivity contribution in [1.82, 2.24) is 10.6 Å². The molecule has 0 aromatic rings. The predicted molar refractivity (Wildman–Crippen MR) is 117 cm³/mol. The highest BCUT2D eigenvalue weighted by atomic mass is 32.1. The van der Waals surface area contributed by atoms with Crippen LogP contribution in [0.3, 0.4) is 0 Å². The summed E-state index contributed by atoms with van der Waals surface area (Å²) in [5.74, 6) is 2.63. The summed E-state index contributed by atoms with van der Waals surface area (Å²) in [5.41, 5.74) is 0.425. The Morgan fingerprint density at radius 1 is 0.739 bits per heavy atom. The van der Waals surface area contributed by atoms with Gasteiger partial charge in [0.15, 0.2) is 0 Å². The summed E-state index contributed by atoms with van der Waals surface area (Å²) in [6.45, 7) is 13.3. The van der Waals surface area contributed by atoms with Crippen molar-refractivity contribution < 1.29 is 0 Å². The van der Waals surface area contributed by atoms with Crippen LogP contribution in [0.4, 0.5) is 0 Å². The van der Waals surface area contributed by atoms with Gasteiger partial charge in [0, 0.05) is 29.1 Å². The lowest BCUT2D eigenvalue weighted by atomic mass is 9.81. The second-order valence-corrected chi connectivity index (χ2v) is 8.84. The van der Waals surface area contributed by atoms with Crippen molar-refractivity contribution in [2.24, 2.45) is 5.41 Å². The van der Waals surface area contributed by atoms with E-state index in [1.807, 2.05) is 0 Å². The zero-order valence-corrected chi connectivity index (χ0v) is 18.6. The molecule has 0 radical (unpaired) electrons. The van der Waals surface area contributed by atoms with Gasteiger partial charge >= 0.3 is 0 Å². The summed E-state index contributed by atoms with van der Waals surface area (Å²) in [6, 6.07) is 0. The number of nitrogens with one attached hydrogen (secondary N) is 2. The van der Waals surface area contributed by atoms with Crippen LogP contribution < -0.4 is 10.6 Å². The van der Waals surface area contributed by atoms with Crippen LogP contribution in [0.2, 0.25) is 0 Å². The lowest BCUT2D eigenvalue weighted by Gasteiger charge is -2.38. The Hall–Kier alpha value is 0.970. The highest BCUT2D eigenvalue weighted by Crippen LogP contribution is 2.29. The van der Waals surface area contributed by atoms with Crippen molar-refractivity contribution in [3.8, 4) is 0 Å². The molecular formula is C18H40N2S3. The molecule has 23 heavy (non-hydrogen) atoms. The molecule has 0 bridgehead atoms. The monoisotopic (exact) mass is 380 g/mol. The van der Waals surface area contributed by atoms with Crippen LogP contribution >= 0.6 is 37.9 Å². The van der Waals surface area contributed by atoms with Gasteiger partial charge in [0.1, 0.15) is 0 Å². The number of thiol groups is 3. The van der Waals surface area contributed by atoms with Crippen LogP contribution in [0.15, 0.2) is 0 Å². The summed E-state index contributed by atoms with van der Waals surface area (Å²) in [7, 11) is 0. The van der Waals surface area contributed by atoms with Crippen molar-refractivity contribution in [2.75, 3.05) is 30.3 Å². The Bertz CT molecular complexity index is 317. The molecule has 0 aliphatic rings. The largest absolute Gasteiger partial charge is 0.311 e. The zero-order valence-electron chi connectivity index (χ0n) is 15.9. The molecule has 140 valence electrons. The third-order valence-electron chi connectivity index (χ3n) is 4.99. The average Bonchev–Trinajstić information content (AvgIpc) is 2.56. The summed E-state index contributed by atoms with van der Waals surface area (Å²) >= 11 is 13.8. The highest BCUT2D eigenvalue weighted by Gasteiger charge is 2.31. The van der Waals surface area contributed by atoms with Crippen LogP contribution in [0.1, 0.15) is 66.7 Å². The van der Waals surface area contributed by atoms with E-state index in [0.29, 0.717) is 0 Å². The molecule has 0 heterocycles. The molecule has 5 heteroatoms. The highest BCUT2D eigenvalue weighted by molar-refractivity contribution is 7.80. The van der Waals surface area contributed by atoms with Crippen LogP contribution in [0.5, 0.6) is 0 Å². The van der Waals surface area contributed by atoms with Crippen LogP contribution in [-0.4, -0.2) is 41.4 Å². The fourth-order valence-corrected chi connectivity index (χ4v) is 3.48. The van der Waals surface area contributed by atoms with Crippen molar-refractivity contribution >= 4 is 37.9 Å². The molecular weight excluding hydrogens is 340 g/mol. The van der Waals surface area contributed by atoms with Crippen LogP contribution in [0, 0.1) is 5.41 Å². The quantitative estimate of drug-likeness (QED) is 0.287. The Balaban J connectivity index is 4.64. The number of rotatable bonds is 14. The average molecular weight is 381 g/mol. The minimum Gasteiger partial charge on any atom is -0.311 e. The SMILES string of the molecule is CCCC[C@](C)(CS)NC[C@](C)(CS)CC[C@](C)(CS)NCC. The van der Waals surface area contributed by atoms with Gasteiger partial charge in [0.25, 0.3) is 0 Å². The second-order valence-electron chi connectivity index (χ2n) is 7.89. The Morgan fingerprint density at radius 3 is 1.74 bits per heavy atom. The van der Waals surface area contributed by atoms with Gasteiger partial charge in [-0.1, -0.05) is 33.6 Å².